The lowest BCUT2D eigenvalue weighted by Gasteiger charge is -2.08. The molecule has 0 atom stereocenters. The number of ketones is 1. The Bertz CT molecular complexity index is 665. The molecule has 0 saturated carbocycles. The molecule has 4 heteroatoms. The van der Waals surface area contributed by atoms with Crippen molar-refractivity contribution in [1.29, 1.82) is 0 Å². The Morgan fingerprint density at radius 2 is 1.74 bits per heavy atom. The Kier molecular flexibility index (Phi) is 3.42. The third-order valence-corrected chi connectivity index (χ3v) is 2.98. The third-order valence-electron chi connectivity index (χ3n) is 2.98. The maximum Gasteiger partial charge on any atom is 0.200 e. The van der Waals surface area contributed by atoms with Crippen LogP contribution in [-0.4, -0.2) is 10.8 Å². The second-order valence-electron chi connectivity index (χ2n) is 4.47. The number of rotatable bonds is 2. The molecule has 0 amide bonds. The highest BCUT2D eigenvalue weighted by Crippen LogP contribution is 2.21. The van der Waals surface area contributed by atoms with Gasteiger partial charge in [-0.2, -0.15) is 0 Å². The van der Waals surface area contributed by atoms with E-state index in [1.54, 1.807) is 26.0 Å². The quantitative estimate of drug-likeness (QED) is 0.774. The van der Waals surface area contributed by atoms with Crippen LogP contribution in [0.25, 0.3) is 0 Å². The first-order chi connectivity index (χ1) is 8.91. The van der Waals surface area contributed by atoms with E-state index in [2.05, 4.69) is 4.98 Å². The molecule has 19 heavy (non-hydrogen) atoms. The van der Waals surface area contributed by atoms with Crippen molar-refractivity contribution in [2.45, 2.75) is 20.8 Å². The molecule has 0 radical (unpaired) electrons. The van der Waals surface area contributed by atoms with Gasteiger partial charge >= 0.3 is 0 Å². The van der Waals surface area contributed by atoms with Gasteiger partial charge in [0, 0.05) is 17.0 Å². The van der Waals surface area contributed by atoms with E-state index in [-0.39, 0.29) is 11.1 Å². The summed E-state index contributed by atoms with van der Waals surface area (Å²) in [6, 6.07) is 5.59. The zero-order valence-corrected chi connectivity index (χ0v) is 10.9. The van der Waals surface area contributed by atoms with Crippen LogP contribution in [0.4, 0.5) is 8.78 Å². The zero-order chi connectivity index (χ0) is 14.2. The van der Waals surface area contributed by atoms with E-state index in [1.807, 2.05) is 0 Å². The van der Waals surface area contributed by atoms with E-state index in [1.165, 1.54) is 13.0 Å². The average molecular weight is 261 g/mol. The fourth-order valence-corrected chi connectivity index (χ4v) is 1.93. The lowest BCUT2D eigenvalue weighted by molar-refractivity contribution is 0.103. The fraction of sp³-hybridized carbons (Fsp3) is 0.200. The normalized spacial score (nSPS) is 10.6. The predicted molar refractivity (Wildman–Crippen MR) is 68.2 cm³/mol. The van der Waals surface area contributed by atoms with Gasteiger partial charge in [0.05, 0.1) is 5.56 Å². The van der Waals surface area contributed by atoms with Gasteiger partial charge in [-0.25, -0.2) is 8.78 Å². The Labute approximate surface area is 110 Å². The Hall–Kier alpha value is -2.10. The van der Waals surface area contributed by atoms with E-state index in [9.17, 15) is 13.6 Å². The zero-order valence-electron chi connectivity index (χ0n) is 10.9. The van der Waals surface area contributed by atoms with Crippen molar-refractivity contribution >= 4 is 5.78 Å². The van der Waals surface area contributed by atoms with Gasteiger partial charge in [0.2, 0.25) is 5.78 Å². The highest BCUT2D eigenvalue weighted by molar-refractivity contribution is 6.10. The number of aryl methyl sites for hydroxylation is 3. The fourth-order valence-electron chi connectivity index (χ4n) is 1.93. The molecule has 0 aliphatic carbocycles. The first-order valence-corrected chi connectivity index (χ1v) is 5.85. The molecule has 0 bridgehead atoms. The summed E-state index contributed by atoms with van der Waals surface area (Å²) in [5.41, 5.74) is 1.15. The maximum atomic E-state index is 13.9. The molecule has 0 spiro atoms. The topological polar surface area (TPSA) is 30.0 Å². The Balaban J connectivity index is 2.59. The summed E-state index contributed by atoms with van der Waals surface area (Å²) < 4.78 is 27.6. The number of nitrogens with zero attached hydrogens (tertiary/aromatic N) is 1. The molecule has 1 aromatic heterocycles. The molecule has 98 valence electrons. The van der Waals surface area contributed by atoms with Gasteiger partial charge in [-0.1, -0.05) is 6.07 Å². The Morgan fingerprint density at radius 3 is 2.37 bits per heavy atom. The van der Waals surface area contributed by atoms with Crippen molar-refractivity contribution in [2.24, 2.45) is 0 Å². The standard InChI is InChI=1S/C15H13F2NO/c1-8-4-7-12(16)13(14(8)17)15(19)11-6-5-9(2)18-10(11)3/h4-7H,1-3H3. The summed E-state index contributed by atoms with van der Waals surface area (Å²) in [7, 11) is 0. The maximum absolute atomic E-state index is 13.9. The molecule has 1 heterocycles. The van der Waals surface area contributed by atoms with Crippen LogP contribution in [0.15, 0.2) is 24.3 Å². The summed E-state index contributed by atoms with van der Waals surface area (Å²) in [6.45, 7) is 4.92. The van der Waals surface area contributed by atoms with Crippen LogP contribution in [0.5, 0.6) is 0 Å². The monoisotopic (exact) mass is 261 g/mol. The Morgan fingerprint density at radius 1 is 1.05 bits per heavy atom. The molecule has 0 saturated heterocycles. The van der Waals surface area contributed by atoms with Gasteiger partial charge in [0.15, 0.2) is 0 Å². The van der Waals surface area contributed by atoms with Gasteiger partial charge in [-0.3, -0.25) is 9.78 Å². The number of pyridine rings is 1. The minimum atomic E-state index is -0.854. The van der Waals surface area contributed by atoms with E-state index in [4.69, 9.17) is 0 Å². The van der Waals surface area contributed by atoms with Gasteiger partial charge in [0.25, 0.3) is 0 Å². The minimum absolute atomic E-state index is 0.217. The third kappa shape index (κ3) is 2.38. The molecule has 0 aliphatic rings. The summed E-state index contributed by atoms with van der Waals surface area (Å²) in [5.74, 6) is -2.35. The molecular weight excluding hydrogens is 248 g/mol. The molecular formula is C15H13F2NO. The number of halogens is 2. The highest BCUT2D eigenvalue weighted by atomic mass is 19.1. The molecule has 2 aromatic rings. The smallest absolute Gasteiger partial charge is 0.200 e. The van der Waals surface area contributed by atoms with Crippen molar-refractivity contribution in [3.8, 4) is 0 Å². The van der Waals surface area contributed by atoms with Crippen LogP contribution >= 0.6 is 0 Å². The van der Waals surface area contributed by atoms with Crippen LogP contribution in [0.3, 0.4) is 0 Å². The summed E-state index contributed by atoms with van der Waals surface area (Å²) >= 11 is 0. The number of hydrogen-bond donors (Lipinski definition) is 0. The second kappa shape index (κ2) is 4.88. The van der Waals surface area contributed by atoms with Crippen LogP contribution < -0.4 is 0 Å². The largest absolute Gasteiger partial charge is 0.288 e. The molecule has 0 N–H and O–H groups in total. The molecule has 2 nitrogen and oxygen atoms in total. The first-order valence-electron chi connectivity index (χ1n) is 5.85. The SMILES string of the molecule is Cc1ccc(C(=O)c2c(F)ccc(C)c2F)c(C)n1. The number of aromatic nitrogens is 1. The van der Waals surface area contributed by atoms with E-state index in [0.717, 1.165) is 11.8 Å². The number of carbonyl (C=O) groups is 1. The van der Waals surface area contributed by atoms with Crippen molar-refractivity contribution in [2.75, 3.05) is 0 Å². The summed E-state index contributed by atoms with van der Waals surface area (Å²) in [6.07, 6.45) is 0. The van der Waals surface area contributed by atoms with Crippen molar-refractivity contribution in [3.63, 3.8) is 0 Å². The lowest BCUT2D eigenvalue weighted by Crippen LogP contribution is -2.11. The summed E-state index contributed by atoms with van der Waals surface area (Å²) in [5, 5.41) is 0. The second-order valence-corrected chi connectivity index (χ2v) is 4.47. The van der Waals surface area contributed by atoms with Gasteiger partial charge in [-0.05, 0) is 44.5 Å². The van der Waals surface area contributed by atoms with Crippen LogP contribution in [0.2, 0.25) is 0 Å². The summed E-state index contributed by atoms with van der Waals surface area (Å²) in [4.78, 5) is 16.4. The highest BCUT2D eigenvalue weighted by Gasteiger charge is 2.22. The molecule has 2 rings (SSSR count). The van der Waals surface area contributed by atoms with Gasteiger partial charge < -0.3 is 0 Å². The number of benzene rings is 1. The number of carbonyl (C=O) groups excluding carboxylic acids is 1. The van der Waals surface area contributed by atoms with E-state index >= 15 is 0 Å². The van der Waals surface area contributed by atoms with E-state index in [0.29, 0.717) is 5.69 Å². The van der Waals surface area contributed by atoms with Crippen molar-refractivity contribution in [1.82, 2.24) is 4.98 Å². The minimum Gasteiger partial charge on any atom is -0.288 e. The molecule has 0 fully saturated rings. The first kappa shape index (κ1) is 13.3. The molecule has 0 unspecified atom stereocenters. The van der Waals surface area contributed by atoms with Crippen molar-refractivity contribution in [3.05, 3.63) is 64.0 Å². The molecule has 0 aliphatic heterocycles. The molecule has 1 aromatic carbocycles. The van der Waals surface area contributed by atoms with Crippen LogP contribution in [0, 0.1) is 32.4 Å². The van der Waals surface area contributed by atoms with Gasteiger partial charge in [0.1, 0.15) is 11.6 Å². The van der Waals surface area contributed by atoms with Gasteiger partial charge in [-0.15, -0.1) is 0 Å². The predicted octanol–water partition coefficient (Wildman–Crippen LogP) is 3.52. The number of hydrogen-bond acceptors (Lipinski definition) is 2. The lowest BCUT2D eigenvalue weighted by atomic mass is 9.99. The van der Waals surface area contributed by atoms with Crippen LogP contribution in [0.1, 0.15) is 32.9 Å². The average Bonchev–Trinajstić information content (AvgIpc) is 2.34. The van der Waals surface area contributed by atoms with Crippen molar-refractivity contribution < 1.29 is 13.6 Å². The van der Waals surface area contributed by atoms with Crippen LogP contribution in [-0.2, 0) is 0 Å². The van der Waals surface area contributed by atoms with E-state index < -0.39 is 23.0 Å².